The van der Waals surface area contributed by atoms with Crippen molar-refractivity contribution in [2.75, 3.05) is 5.43 Å². The number of aromatic amines is 1. The van der Waals surface area contributed by atoms with Crippen LogP contribution in [-0.2, 0) is 11.3 Å². The van der Waals surface area contributed by atoms with E-state index in [0.717, 1.165) is 4.68 Å². The number of fused-ring (bicyclic) bond motifs is 1. The second kappa shape index (κ2) is 7.35. The first-order chi connectivity index (χ1) is 13.2. The van der Waals surface area contributed by atoms with Gasteiger partial charge in [-0.2, -0.15) is 9.77 Å². The van der Waals surface area contributed by atoms with Crippen molar-refractivity contribution in [3.05, 3.63) is 60.9 Å². The van der Waals surface area contributed by atoms with Crippen LogP contribution in [0.5, 0.6) is 0 Å². The molecule has 0 spiro atoms. The first-order valence-electron chi connectivity index (χ1n) is 8.44. The van der Waals surface area contributed by atoms with Gasteiger partial charge in [-0.25, -0.2) is 0 Å². The number of benzene rings is 1. The van der Waals surface area contributed by atoms with Gasteiger partial charge in [-0.15, -0.1) is 0 Å². The molecule has 1 unspecified atom stereocenters. The SMILES string of the molecule is Cc1nn(CC(C)C(=O)Nn2c(=S)[nH]c3ccccc3c2=O)c(C)c1[N+](=O)[O-]. The van der Waals surface area contributed by atoms with Crippen LogP contribution in [0, 0.1) is 34.7 Å². The highest BCUT2D eigenvalue weighted by Crippen LogP contribution is 2.22. The lowest BCUT2D eigenvalue weighted by molar-refractivity contribution is -0.386. The smallest absolute Gasteiger partial charge is 0.312 e. The van der Waals surface area contributed by atoms with Crippen LogP contribution in [0.1, 0.15) is 18.3 Å². The van der Waals surface area contributed by atoms with Gasteiger partial charge in [0.1, 0.15) is 11.4 Å². The Balaban J connectivity index is 1.85. The Hall–Kier alpha value is -3.34. The van der Waals surface area contributed by atoms with Crippen LogP contribution >= 0.6 is 12.2 Å². The maximum atomic E-state index is 12.6. The fourth-order valence-electron chi connectivity index (χ4n) is 2.96. The van der Waals surface area contributed by atoms with Gasteiger partial charge in [0.2, 0.25) is 5.91 Å². The Morgan fingerprint density at radius 3 is 2.71 bits per heavy atom. The number of nitrogens with zero attached hydrogens (tertiary/aromatic N) is 4. The number of carbonyl (C=O) groups excluding carboxylic acids is 1. The molecule has 0 aliphatic carbocycles. The van der Waals surface area contributed by atoms with E-state index in [9.17, 15) is 19.7 Å². The van der Waals surface area contributed by atoms with Crippen LogP contribution < -0.4 is 11.0 Å². The second-order valence-electron chi connectivity index (χ2n) is 6.45. The molecular weight excluding hydrogens is 384 g/mol. The molecule has 0 fully saturated rings. The fraction of sp³-hybridized carbons (Fsp3) is 0.294. The van der Waals surface area contributed by atoms with Crippen molar-refractivity contribution >= 4 is 34.7 Å². The van der Waals surface area contributed by atoms with Gasteiger partial charge >= 0.3 is 5.69 Å². The summed E-state index contributed by atoms with van der Waals surface area (Å²) in [6.07, 6.45) is 0. The van der Waals surface area contributed by atoms with Gasteiger partial charge < -0.3 is 4.98 Å². The van der Waals surface area contributed by atoms with E-state index >= 15 is 0 Å². The van der Waals surface area contributed by atoms with E-state index < -0.39 is 22.3 Å². The van der Waals surface area contributed by atoms with Gasteiger partial charge in [-0.1, -0.05) is 19.1 Å². The molecule has 2 aromatic heterocycles. The summed E-state index contributed by atoms with van der Waals surface area (Å²) in [4.78, 5) is 38.7. The predicted molar refractivity (Wildman–Crippen MR) is 105 cm³/mol. The van der Waals surface area contributed by atoms with Crippen molar-refractivity contribution < 1.29 is 9.72 Å². The number of hydrogen-bond donors (Lipinski definition) is 2. The maximum Gasteiger partial charge on any atom is 0.312 e. The van der Waals surface area contributed by atoms with Gasteiger partial charge in [0, 0.05) is 0 Å². The number of para-hydroxylation sites is 1. The van der Waals surface area contributed by atoms with Crippen LogP contribution in [-0.4, -0.2) is 30.3 Å². The van der Waals surface area contributed by atoms with Crippen molar-refractivity contribution in [1.29, 1.82) is 0 Å². The van der Waals surface area contributed by atoms with E-state index in [1.807, 2.05) is 0 Å². The lowest BCUT2D eigenvalue weighted by atomic mass is 10.1. The quantitative estimate of drug-likeness (QED) is 0.382. The highest BCUT2D eigenvalue weighted by molar-refractivity contribution is 7.71. The Morgan fingerprint density at radius 2 is 2.07 bits per heavy atom. The van der Waals surface area contributed by atoms with Crippen LogP contribution in [0.2, 0.25) is 0 Å². The fourth-order valence-corrected chi connectivity index (χ4v) is 3.19. The number of H-pyrrole nitrogens is 1. The minimum atomic E-state index is -0.620. The number of aromatic nitrogens is 4. The molecule has 3 rings (SSSR count). The standard InChI is InChI=1S/C17H18N6O4S/c1-9(8-21-11(3)14(23(26)27)10(2)19-21)15(24)20-22-16(25)12-6-4-5-7-13(12)18-17(22)28/h4-7,9H,8H2,1-3H3,(H,18,28)(H,20,24). The summed E-state index contributed by atoms with van der Waals surface area (Å²) < 4.78 is 2.47. The van der Waals surface area contributed by atoms with Crippen molar-refractivity contribution in [2.45, 2.75) is 27.3 Å². The monoisotopic (exact) mass is 402 g/mol. The van der Waals surface area contributed by atoms with E-state index in [-0.39, 0.29) is 22.7 Å². The third-order valence-corrected chi connectivity index (χ3v) is 4.73. The van der Waals surface area contributed by atoms with Gasteiger partial charge in [0.15, 0.2) is 4.77 Å². The van der Waals surface area contributed by atoms with Crippen LogP contribution in [0.15, 0.2) is 29.1 Å². The van der Waals surface area contributed by atoms with Crippen LogP contribution in [0.4, 0.5) is 5.69 Å². The van der Waals surface area contributed by atoms with E-state index in [1.165, 1.54) is 4.68 Å². The molecule has 146 valence electrons. The number of rotatable bonds is 5. The maximum absolute atomic E-state index is 12.6. The number of nitrogens with one attached hydrogen (secondary N) is 2. The van der Waals surface area contributed by atoms with Crippen molar-refractivity contribution in [2.24, 2.45) is 5.92 Å². The topological polar surface area (TPSA) is 128 Å². The van der Waals surface area contributed by atoms with Crippen molar-refractivity contribution in [1.82, 2.24) is 19.4 Å². The molecule has 0 saturated heterocycles. The third kappa shape index (κ3) is 3.43. The minimum Gasteiger partial charge on any atom is -0.330 e. The molecule has 11 heteroatoms. The summed E-state index contributed by atoms with van der Waals surface area (Å²) in [5, 5.41) is 15.6. The summed E-state index contributed by atoms with van der Waals surface area (Å²) in [6.45, 7) is 4.87. The first kappa shape index (κ1) is 19.4. The van der Waals surface area contributed by atoms with Gasteiger partial charge in [-0.05, 0) is 38.2 Å². The van der Waals surface area contributed by atoms with E-state index in [2.05, 4.69) is 15.5 Å². The summed E-state index contributed by atoms with van der Waals surface area (Å²) in [6, 6.07) is 6.83. The number of carbonyl (C=O) groups is 1. The van der Waals surface area contributed by atoms with E-state index in [4.69, 9.17) is 12.2 Å². The lowest BCUT2D eigenvalue weighted by Crippen LogP contribution is -2.38. The molecule has 1 aromatic carbocycles. The molecular formula is C17H18N6O4S. The predicted octanol–water partition coefficient (Wildman–Crippen LogP) is 2.19. The van der Waals surface area contributed by atoms with Crippen molar-refractivity contribution in [3.8, 4) is 0 Å². The minimum absolute atomic E-state index is 0.0611. The van der Waals surface area contributed by atoms with Crippen molar-refractivity contribution in [3.63, 3.8) is 0 Å². The molecule has 0 aliphatic heterocycles. The molecule has 0 aliphatic rings. The number of aryl methyl sites for hydroxylation is 1. The molecule has 3 aromatic rings. The zero-order valence-corrected chi connectivity index (χ0v) is 16.2. The Morgan fingerprint density at radius 1 is 1.39 bits per heavy atom. The van der Waals surface area contributed by atoms with Gasteiger partial charge in [0.05, 0.1) is 28.3 Å². The highest BCUT2D eigenvalue weighted by atomic mass is 32.1. The van der Waals surface area contributed by atoms with Gasteiger partial charge in [0.25, 0.3) is 5.56 Å². The molecule has 1 amide bonds. The molecule has 0 radical (unpaired) electrons. The zero-order chi connectivity index (χ0) is 20.6. The van der Waals surface area contributed by atoms with E-state index in [0.29, 0.717) is 16.6 Å². The van der Waals surface area contributed by atoms with Crippen LogP contribution in [0.3, 0.4) is 0 Å². The molecule has 0 saturated carbocycles. The zero-order valence-electron chi connectivity index (χ0n) is 15.4. The molecule has 0 bridgehead atoms. The van der Waals surface area contributed by atoms with Gasteiger partial charge in [-0.3, -0.25) is 29.8 Å². The molecule has 28 heavy (non-hydrogen) atoms. The average molecular weight is 402 g/mol. The lowest BCUT2D eigenvalue weighted by Gasteiger charge is -2.15. The number of nitro groups is 1. The normalized spacial score (nSPS) is 12.1. The molecule has 2 N–H and O–H groups in total. The molecule has 1 atom stereocenters. The largest absolute Gasteiger partial charge is 0.330 e. The summed E-state index contributed by atoms with van der Waals surface area (Å²) in [7, 11) is 0. The summed E-state index contributed by atoms with van der Waals surface area (Å²) in [5.74, 6) is -1.09. The average Bonchev–Trinajstić information content (AvgIpc) is 2.91. The third-order valence-electron chi connectivity index (χ3n) is 4.45. The molecule has 10 nitrogen and oxygen atoms in total. The Labute approximate surface area is 163 Å². The van der Waals surface area contributed by atoms with E-state index in [1.54, 1.807) is 45.0 Å². The second-order valence-corrected chi connectivity index (χ2v) is 6.84. The Bertz CT molecular complexity index is 1210. The Kier molecular flexibility index (Phi) is 5.10. The van der Waals surface area contributed by atoms with Crippen LogP contribution in [0.25, 0.3) is 10.9 Å². The first-order valence-corrected chi connectivity index (χ1v) is 8.85. The number of amides is 1. The highest BCUT2D eigenvalue weighted by Gasteiger charge is 2.24. The number of hydrogen-bond acceptors (Lipinski definition) is 6. The summed E-state index contributed by atoms with van der Waals surface area (Å²) >= 11 is 5.17. The molecule has 2 heterocycles. The summed E-state index contributed by atoms with van der Waals surface area (Å²) in [5.41, 5.74) is 3.22.